The average molecular weight is 361 g/mol. The Morgan fingerprint density at radius 2 is 2.00 bits per heavy atom. The zero-order valence-corrected chi connectivity index (χ0v) is 14.2. The molecule has 0 radical (unpaired) electrons. The van der Waals surface area contributed by atoms with Gasteiger partial charge in [-0.05, 0) is 25.1 Å². The van der Waals surface area contributed by atoms with E-state index in [4.69, 9.17) is 0 Å². The molecule has 1 N–H and O–H groups in total. The summed E-state index contributed by atoms with van der Waals surface area (Å²) in [6, 6.07) is 4.45. The Balaban J connectivity index is 1.71. The van der Waals surface area contributed by atoms with Crippen LogP contribution >= 0.6 is 0 Å². The lowest BCUT2D eigenvalue weighted by Gasteiger charge is -2.38. The van der Waals surface area contributed by atoms with Crippen LogP contribution in [0.1, 0.15) is 22.9 Å². The fourth-order valence-electron chi connectivity index (χ4n) is 3.45. The summed E-state index contributed by atoms with van der Waals surface area (Å²) in [4.78, 5) is 10.7. The van der Waals surface area contributed by atoms with Crippen LogP contribution in [0.2, 0.25) is 0 Å². The van der Waals surface area contributed by atoms with Gasteiger partial charge in [0.2, 0.25) is 0 Å². The molecule has 3 aromatic rings. The van der Waals surface area contributed by atoms with Crippen LogP contribution in [0.3, 0.4) is 0 Å². The van der Waals surface area contributed by atoms with Crippen LogP contribution < -0.4 is 10.2 Å². The van der Waals surface area contributed by atoms with E-state index in [-0.39, 0.29) is 6.04 Å². The Kier molecular flexibility index (Phi) is 4.07. The fraction of sp³-hybridized carbons (Fsp3) is 0.333. The Morgan fingerprint density at radius 1 is 1.15 bits per heavy atom. The number of imidazole rings is 1. The average Bonchev–Trinajstić information content (AvgIpc) is 3.11. The second kappa shape index (κ2) is 6.28. The SMILES string of the molecule is Cc1c(N2CCNCC2c2ccc(C(F)(F)F)cn2)ccn2ccnc12. The second-order valence-electron chi connectivity index (χ2n) is 6.37. The molecule has 5 nitrogen and oxygen atoms in total. The van der Waals surface area contributed by atoms with Crippen molar-refractivity contribution < 1.29 is 13.2 Å². The normalized spacial score (nSPS) is 18.5. The van der Waals surface area contributed by atoms with E-state index in [2.05, 4.69) is 20.2 Å². The van der Waals surface area contributed by atoms with Crippen molar-refractivity contribution in [1.82, 2.24) is 19.7 Å². The topological polar surface area (TPSA) is 45.5 Å². The van der Waals surface area contributed by atoms with Gasteiger partial charge in [-0.1, -0.05) is 0 Å². The molecule has 1 aliphatic rings. The minimum atomic E-state index is -4.38. The molecule has 3 aromatic heterocycles. The Bertz CT molecular complexity index is 917. The summed E-state index contributed by atoms with van der Waals surface area (Å²) in [6.45, 7) is 4.18. The molecule has 1 unspecified atom stereocenters. The van der Waals surface area contributed by atoms with Gasteiger partial charge < -0.3 is 14.6 Å². The number of alkyl halides is 3. The number of hydrogen-bond acceptors (Lipinski definition) is 4. The van der Waals surface area contributed by atoms with E-state index < -0.39 is 11.7 Å². The smallest absolute Gasteiger partial charge is 0.360 e. The third kappa shape index (κ3) is 2.90. The van der Waals surface area contributed by atoms with E-state index in [1.54, 1.807) is 6.20 Å². The third-order valence-electron chi connectivity index (χ3n) is 4.79. The van der Waals surface area contributed by atoms with Crippen molar-refractivity contribution in [2.24, 2.45) is 0 Å². The summed E-state index contributed by atoms with van der Waals surface area (Å²) in [6.07, 6.45) is 2.12. The van der Waals surface area contributed by atoms with Gasteiger partial charge in [-0.25, -0.2) is 4.98 Å². The number of anilines is 1. The summed E-state index contributed by atoms with van der Waals surface area (Å²) in [5.74, 6) is 0. The number of pyridine rings is 2. The molecule has 136 valence electrons. The second-order valence-corrected chi connectivity index (χ2v) is 6.37. The van der Waals surface area contributed by atoms with Gasteiger partial charge in [-0.15, -0.1) is 0 Å². The van der Waals surface area contributed by atoms with Gasteiger partial charge in [-0.2, -0.15) is 13.2 Å². The number of piperazine rings is 1. The van der Waals surface area contributed by atoms with E-state index >= 15 is 0 Å². The van der Waals surface area contributed by atoms with Gasteiger partial charge in [0.15, 0.2) is 0 Å². The van der Waals surface area contributed by atoms with E-state index in [1.807, 2.05) is 29.8 Å². The third-order valence-corrected chi connectivity index (χ3v) is 4.79. The van der Waals surface area contributed by atoms with Gasteiger partial charge in [0.1, 0.15) is 5.65 Å². The minimum Gasteiger partial charge on any atom is -0.360 e. The first-order valence-electron chi connectivity index (χ1n) is 8.38. The maximum atomic E-state index is 12.8. The Hall–Kier alpha value is -2.61. The molecule has 0 bridgehead atoms. The molecular formula is C18H18F3N5. The first-order chi connectivity index (χ1) is 12.4. The molecule has 0 aromatic carbocycles. The van der Waals surface area contributed by atoms with Crippen molar-refractivity contribution in [1.29, 1.82) is 0 Å². The summed E-state index contributed by atoms with van der Waals surface area (Å²) in [5, 5.41) is 3.30. The van der Waals surface area contributed by atoms with Gasteiger partial charge in [0.25, 0.3) is 0 Å². The molecule has 0 spiro atoms. The molecule has 0 amide bonds. The molecule has 4 rings (SSSR count). The van der Waals surface area contributed by atoms with Crippen LogP contribution in [0.4, 0.5) is 18.9 Å². The summed E-state index contributed by atoms with van der Waals surface area (Å²) in [5.41, 5.74) is 2.83. The molecule has 1 atom stereocenters. The number of hydrogen-bond donors (Lipinski definition) is 1. The lowest BCUT2D eigenvalue weighted by atomic mass is 10.1. The summed E-state index contributed by atoms with van der Waals surface area (Å²) < 4.78 is 40.4. The largest absolute Gasteiger partial charge is 0.417 e. The van der Waals surface area contributed by atoms with Crippen LogP contribution in [-0.4, -0.2) is 34.0 Å². The molecule has 26 heavy (non-hydrogen) atoms. The van der Waals surface area contributed by atoms with Crippen molar-refractivity contribution >= 4 is 11.3 Å². The maximum Gasteiger partial charge on any atom is 0.417 e. The van der Waals surface area contributed by atoms with Crippen LogP contribution in [0, 0.1) is 6.92 Å². The quantitative estimate of drug-likeness (QED) is 0.761. The van der Waals surface area contributed by atoms with Crippen molar-refractivity contribution in [2.75, 3.05) is 24.5 Å². The van der Waals surface area contributed by atoms with Crippen LogP contribution in [-0.2, 0) is 6.18 Å². The number of rotatable bonds is 2. The van der Waals surface area contributed by atoms with Crippen molar-refractivity contribution in [2.45, 2.75) is 19.1 Å². The molecule has 1 fully saturated rings. The number of aromatic nitrogens is 3. The lowest BCUT2D eigenvalue weighted by molar-refractivity contribution is -0.137. The lowest BCUT2D eigenvalue weighted by Crippen LogP contribution is -2.46. The molecular weight excluding hydrogens is 343 g/mol. The predicted molar refractivity (Wildman–Crippen MR) is 92.1 cm³/mol. The van der Waals surface area contributed by atoms with Gasteiger partial charge in [0, 0.05) is 55.7 Å². The van der Waals surface area contributed by atoms with Gasteiger partial charge in [0.05, 0.1) is 17.3 Å². The van der Waals surface area contributed by atoms with E-state index in [1.165, 1.54) is 6.07 Å². The maximum absolute atomic E-state index is 12.8. The standard InChI is InChI=1S/C18H18F3N5/c1-12-15(4-7-25-8-6-23-17(12)25)26-9-5-22-11-16(26)14-3-2-13(10-24-14)18(19,20)21/h2-4,6-8,10,16,22H,5,9,11H2,1H3. The van der Waals surface area contributed by atoms with Crippen LogP contribution in [0.15, 0.2) is 43.0 Å². The van der Waals surface area contributed by atoms with Crippen molar-refractivity contribution in [3.05, 3.63) is 59.8 Å². The highest BCUT2D eigenvalue weighted by Crippen LogP contribution is 2.33. The first-order valence-corrected chi connectivity index (χ1v) is 8.38. The Labute approximate surface area is 148 Å². The zero-order chi connectivity index (χ0) is 18.3. The number of nitrogens with zero attached hydrogens (tertiary/aromatic N) is 4. The monoisotopic (exact) mass is 361 g/mol. The highest BCUT2D eigenvalue weighted by Gasteiger charge is 2.32. The summed E-state index contributed by atoms with van der Waals surface area (Å²) >= 11 is 0. The van der Waals surface area contributed by atoms with Crippen molar-refractivity contribution in [3.8, 4) is 0 Å². The van der Waals surface area contributed by atoms with Crippen molar-refractivity contribution in [3.63, 3.8) is 0 Å². The number of nitrogens with one attached hydrogen (secondary N) is 1. The van der Waals surface area contributed by atoms with E-state index in [0.29, 0.717) is 12.2 Å². The van der Waals surface area contributed by atoms with E-state index in [9.17, 15) is 13.2 Å². The molecule has 1 saturated heterocycles. The van der Waals surface area contributed by atoms with Gasteiger partial charge in [-0.3, -0.25) is 4.98 Å². The van der Waals surface area contributed by atoms with E-state index in [0.717, 1.165) is 42.3 Å². The molecule has 0 aliphatic carbocycles. The Morgan fingerprint density at radius 3 is 2.73 bits per heavy atom. The number of halogens is 3. The highest BCUT2D eigenvalue weighted by atomic mass is 19.4. The molecule has 1 aliphatic heterocycles. The zero-order valence-electron chi connectivity index (χ0n) is 14.2. The highest BCUT2D eigenvalue weighted by molar-refractivity contribution is 5.65. The number of aryl methyl sites for hydroxylation is 1. The predicted octanol–water partition coefficient (Wildman–Crippen LogP) is 3.21. The minimum absolute atomic E-state index is 0.137. The summed E-state index contributed by atoms with van der Waals surface area (Å²) in [7, 11) is 0. The molecule has 0 saturated carbocycles. The number of fused-ring (bicyclic) bond motifs is 1. The van der Waals surface area contributed by atoms with Gasteiger partial charge >= 0.3 is 6.18 Å². The van der Waals surface area contributed by atoms with Crippen LogP contribution in [0.25, 0.3) is 5.65 Å². The van der Waals surface area contributed by atoms with Crippen LogP contribution in [0.5, 0.6) is 0 Å². The molecule has 8 heteroatoms. The first kappa shape index (κ1) is 16.8. The molecule has 4 heterocycles. The fourth-order valence-corrected chi connectivity index (χ4v) is 3.45.